The molecule has 0 unspecified atom stereocenters. The number of benzene rings is 2. The summed E-state index contributed by atoms with van der Waals surface area (Å²) in [4.78, 5) is 26.1. The van der Waals surface area contributed by atoms with Crippen LogP contribution < -0.4 is 5.32 Å². The standard InChI is InChI=1S/C20H15BrFN3O2/c1-12-8-17(21)18(9-14(12)11-23)24-20(27)25-7-6-16(26)10-19(25)13-2-4-15(22)5-3-13/h2-9,19H,10H2,1H3,(H,24,27)/t19-/m0/s1. The number of hydrogen-bond acceptors (Lipinski definition) is 3. The molecule has 1 heterocycles. The van der Waals surface area contributed by atoms with Crippen molar-refractivity contribution in [1.82, 2.24) is 4.90 Å². The van der Waals surface area contributed by atoms with Gasteiger partial charge in [0.1, 0.15) is 5.82 Å². The Kier molecular flexibility index (Phi) is 5.38. The van der Waals surface area contributed by atoms with Crippen LogP contribution in [0.2, 0.25) is 0 Å². The van der Waals surface area contributed by atoms with Gasteiger partial charge in [-0.25, -0.2) is 9.18 Å². The highest BCUT2D eigenvalue weighted by Gasteiger charge is 2.29. The number of carbonyl (C=O) groups is 2. The zero-order valence-corrected chi connectivity index (χ0v) is 16.0. The molecule has 0 fully saturated rings. The van der Waals surface area contributed by atoms with Gasteiger partial charge >= 0.3 is 6.03 Å². The van der Waals surface area contributed by atoms with Crippen LogP contribution in [0.3, 0.4) is 0 Å². The fraction of sp³-hybridized carbons (Fsp3) is 0.150. The molecular weight excluding hydrogens is 413 g/mol. The van der Waals surface area contributed by atoms with Crippen molar-refractivity contribution < 1.29 is 14.0 Å². The van der Waals surface area contributed by atoms with Crippen LogP contribution >= 0.6 is 15.9 Å². The SMILES string of the molecule is Cc1cc(Br)c(NC(=O)N2C=CC(=O)C[C@H]2c2ccc(F)cc2)cc1C#N. The zero-order valence-electron chi connectivity index (χ0n) is 14.4. The predicted molar refractivity (Wildman–Crippen MR) is 102 cm³/mol. The molecule has 1 atom stereocenters. The number of rotatable bonds is 2. The van der Waals surface area contributed by atoms with Gasteiger partial charge in [0.2, 0.25) is 0 Å². The van der Waals surface area contributed by atoms with Crippen LogP contribution in [0.15, 0.2) is 53.1 Å². The van der Waals surface area contributed by atoms with E-state index in [1.807, 2.05) is 0 Å². The molecule has 0 saturated heterocycles. The number of carbonyl (C=O) groups excluding carboxylic acids is 2. The van der Waals surface area contributed by atoms with E-state index in [4.69, 9.17) is 0 Å². The first kappa shape index (κ1) is 18.8. The molecule has 1 aliphatic rings. The lowest BCUT2D eigenvalue weighted by atomic mass is 9.97. The minimum atomic E-state index is -0.539. The number of aryl methyl sites for hydroxylation is 1. The molecule has 0 saturated carbocycles. The number of ketones is 1. The summed E-state index contributed by atoms with van der Waals surface area (Å²) >= 11 is 3.38. The Morgan fingerprint density at radius 3 is 2.70 bits per heavy atom. The molecule has 2 aromatic rings. The number of nitrogens with zero attached hydrogens (tertiary/aromatic N) is 2. The van der Waals surface area contributed by atoms with E-state index in [2.05, 4.69) is 27.3 Å². The van der Waals surface area contributed by atoms with Crippen molar-refractivity contribution >= 4 is 33.4 Å². The summed E-state index contributed by atoms with van der Waals surface area (Å²) in [5.41, 5.74) is 2.35. The first-order valence-corrected chi connectivity index (χ1v) is 8.94. The van der Waals surface area contributed by atoms with Crippen LogP contribution in [0.25, 0.3) is 0 Å². The molecule has 5 nitrogen and oxygen atoms in total. The van der Waals surface area contributed by atoms with E-state index < -0.39 is 12.1 Å². The van der Waals surface area contributed by atoms with Gasteiger partial charge in [-0.2, -0.15) is 5.26 Å². The Labute approximate surface area is 164 Å². The first-order chi connectivity index (χ1) is 12.9. The Morgan fingerprint density at radius 2 is 2.04 bits per heavy atom. The zero-order chi connectivity index (χ0) is 19.6. The summed E-state index contributed by atoms with van der Waals surface area (Å²) in [6, 6.07) is 10.1. The van der Waals surface area contributed by atoms with Crippen molar-refractivity contribution in [2.45, 2.75) is 19.4 Å². The van der Waals surface area contributed by atoms with E-state index in [-0.39, 0.29) is 18.0 Å². The number of allylic oxidation sites excluding steroid dienone is 1. The van der Waals surface area contributed by atoms with Gasteiger partial charge in [-0.05, 0) is 64.3 Å². The van der Waals surface area contributed by atoms with Gasteiger partial charge in [0.15, 0.2) is 5.78 Å². The van der Waals surface area contributed by atoms with E-state index in [9.17, 15) is 19.2 Å². The van der Waals surface area contributed by atoms with E-state index in [0.717, 1.165) is 5.56 Å². The van der Waals surface area contributed by atoms with Crippen molar-refractivity contribution in [3.63, 3.8) is 0 Å². The second-order valence-corrected chi connectivity index (χ2v) is 7.00. The van der Waals surface area contributed by atoms with Gasteiger partial charge in [0.05, 0.1) is 23.4 Å². The molecule has 0 aliphatic carbocycles. The van der Waals surface area contributed by atoms with Gasteiger partial charge in [-0.15, -0.1) is 0 Å². The van der Waals surface area contributed by atoms with Crippen LogP contribution in [0.4, 0.5) is 14.9 Å². The fourth-order valence-electron chi connectivity index (χ4n) is 2.87. The molecule has 2 aromatic carbocycles. The largest absolute Gasteiger partial charge is 0.326 e. The van der Waals surface area contributed by atoms with Gasteiger partial charge in [0, 0.05) is 17.1 Å². The van der Waals surface area contributed by atoms with Crippen LogP contribution in [0, 0.1) is 24.1 Å². The van der Waals surface area contributed by atoms with Crippen LogP contribution in [0.5, 0.6) is 0 Å². The number of nitriles is 1. The van der Waals surface area contributed by atoms with Crippen molar-refractivity contribution in [1.29, 1.82) is 5.26 Å². The summed E-state index contributed by atoms with van der Waals surface area (Å²) < 4.78 is 13.9. The summed E-state index contributed by atoms with van der Waals surface area (Å²) in [5, 5.41) is 12.0. The fourth-order valence-corrected chi connectivity index (χ4v) is 3.42. The lowest BCUT2D eigenvalue weighted by Gasteiger charge is -2.31. The maximum absolute atomic E-state index is 13.2. The van der Waals surface area contributed by atoms with E-state index >= 15 is 0 Å². The monoisotopic (exact) mass is 427 g/mol. The molecule has 7 heteroatoms. The van der Waals surface area contributed by atoms with Crippen LogP contribution in [0.1, 0.15) is 29.2 Å². The highest BCUT2D eigenvalue weighted by molar-refractivity contribution is 9.10. The summed E-state index contributed by atoms with van der Waals surface area (Å²) in [7, 11) is 0. The highest BCUT2D eigenvalue weighted by atomic mass is 79.9. The second-order valence-electron chi connectivity index (χ2n) is 6.15. The Morgan fingerprint density at radius 1 is 1.33 bits per heavy atom. The lowest BCUT2D eigenvalue weighted by Crippen LogP contribution is -2.37. The normalized spacial score (nSPS) is 16.1. The third-order valence-electron chi connectivity index (χ3n) is 4.32. The molecule has 2 amide bonds. The third-order valence-corrected chi connectivity index (χ3v) is 4.97. The van der Waals surface area contributed by atoms with Crippen molar-refractivity contribution in [2.75, 3.05) is 5.32 Å². The molecule has 1 N–H and O–H groups in total. The number of anilines is 1. The quantitative estimate of drug-likeness (QED) is 0.745. The molecule has 0 bridgehead atoms. The number of halogens is 2. The Hall–Kier alpha value is -2.98. The maximum Gasteiger partial charge on any atom is 0.326 e. The minimum Gasteiger partial charge on any atom is -0.306 e. The average Bonchev–Trinajstić information content (AvgIpc) is 2.64. The minimum absolute atomic E-state index is 0.105. The smallest absolute Gasteiger partial charge is 0.306 e. The topological polar surface area (TPSA) is 73.2 Å². The molecule has 1 aliphatic heterocycles. The molecule has 0 radical (unpaired) electrons. The van der Waals surface area contributed by atoms with Crippen molar-refractivity contribution in [2.24, 2.45) is 0 Å². The molecule has 0 spiro atoms. The second kappa shape index (κ2) is 7.72. The summed E-state index contributed by atoms with van der Waals surface area (Å²) in [5.74, 6) is -0.503. The summed E-state index contributed by atoms with van der Waals surface area (Å²) in [6.07, 6.45) is 2.86. The average molecular weight is 428 g/mol. The van der Waals surface area contributed by atoms with Gasteiger partial charge < -0.3 is 5.32 Å². The highest BCUT2D eigenvalue weighted by Crippen LogP contribution is 2.31. The molecule has 136 valence electrons. The molecule has 0 aromatic heterocycles. The Balaban J connectivity index is 1.90. The number of hydrogen-bond donors (Lipinski definition) is 1. The molecule has 3 rings (SSSR count). The summed E-state index contributed by atoms with van der Waals surface area (Å²) in [6.45, 7) is 1.80. The molecular formula is C20H15BrFN3O2. The molecule has 27 heavy (non-hydrogen) atoms. The van der Waals surface area contributed by atoms with Crippen molar-refractivity contribution in [3.05, 3.63) is 75.7 Å². The Bertz CT molecular complexity index is 980. The van der Waals surface area contributed by atoms with Gasteiger partial charge in [0.25, 0.3) is 0 Å². The maximum atomic E-state index is 13.2. The predicted octanol–water partition coefficient (Wildman–Crippen LogP) is 4.83. The van der Waals surface area contributed by atoms with Crippen LogP contribution in [-0.4, -0.2) is 16.7 Å². The third kappa shape index (κ3) is 4.07. The number of nitrogens with one attached hydrogen (secondary N) is 1. The number of amides is 2. The van der Waals surface area contributed by atoms with E-state index in [1.54, 1.807) is 31.2 Å². The number of urea groups is 1. The van der Waals surface area contributed by atoms with E-state index in [1.165, 1.54) is 29.3 Å². The lowest BCUT2D eigenvalue weighted by molar-refractivity contribution is -0.116. The van der Waals surface area contributed by atoms with Crippen LogP contribution in [-0.2, 0) is 4.79 Å². The van der Waals surface area contributed by atoms with Gasteiger partial charge in [-0.3, -0.25) is 9.69 Å². The van der Waals surface area contributed by atoms with E-state index in [0.29, 0.717) is 21.3 Å². The van der Waals surface area contributed by atoms with Gasteiger partial charge in [-0.1, -0.05) is 12.1 Å². The van der Waals surface area contributed by atoms with Crippen molar-refractivity contribution in [3.8, 4) is 6.07 Å². The first-order valence-electron chi connectivity index (χ1n) is 8.15.